The van der Waals surface area contributed by atoms with Crippen molar-refractivity contribution in [3.8, 4) is 6.07 Å². The highest BCUT2D eigenvalue weighted by Gasteiger charge is 2.20. The second-order valence-electron chi connectivity index (χ2n) is 5.09. The van der Waals surface area contributed by atoms with E-state index in [0.717, 1.165) is 29.8 Å². The zero-order valence-electron chi connectivity index (χ0n) is 11.3. The number of benzene rings is 1. The van der Waals surface area contributed by atoms with Gasteiger partial charge in [-0.3, -0.25) is 4.90 Å². The number of nitriles is 1. The second-order valence-corrected chi connectivity index (χ2v) is 5.09. The van der Waals surface area contributed by atoms with Gasteiger partial charge in [-0.2, -0.15) is 5.26 Å². The molecule has 5 nitrogen and oxygen atoms in total. The van der Waals surface area contributed by atoms with Crippen LogP contribution < -0.4 is 0 Å². The van der Waals surface area contributed by atoms with E-state index in [1.807, 2.05) is 18.2 Å². The van der Waals surface area contributed by atoms with Gasteiger partial charge in [0.25, 0.3) is 0 Å². The summed E-state index contributed by atoms with van der Waals surface area (Å²) < 4.78 is 0. The molecule has 0 saturated carbocycles. The van der Waals surface area contributed by atoms with Crippen LogP contribution in [0.5, 0.6) is 0 Å². The monoisotopic (exact) mass is 279 g/mol. The maximum absolute atomic E-state index is 11.0. The van der Waals surface area contributed by atoms with Crippen LogP contribution in [0.25, 0.3) is 0 Å². The van der Waals surface area contributed by atoms with Crippen LogP contribution in [0.1, 0.15) is 32.7 Å². The van der Waals surface area contributed by atoms with Crippen LogP contribution >= 0.6 is 0 Å². The number of carboxylic acids is 1. The molecule has 1 aromatic heterocycles. The number of hydrogen-bond donors (Lipinski definition) is 1. The summed E-state index contributed by atoms with van der Waals surface area (Å²) in [6.45, 7) is 2.23. The number of fused-ring (bicyclic) bond motifs is 1. The average Bonchev–Trinajstić information content (AvgIpc) is 2.88. The minimum absolute atomic E-state index is 0.325. The fourth-order valence-corrected chi connectivity index (χ4v) is 2.60. The molecule has 1 N–H and O–H groups in total. The number of nitrogens with zero attached hydrogens (tertiary/aromatic N) is 3. The molecule has 0 aliphatic carbocycles. The zero-order chi connectivity index (χ0) is 14.8. The van der Waals surface area contributed by atoms with Crippen LogP contribution in [0, 0.1) is 11.3 Å². The van der Waals surface area contributed by atoms with Gasteiger partial charge in [-0.25, -0.2) is 9.78 Å². The molecular weight excluding hydrogens is 266 g/mol. The first-order valence-corrected chi connectivity index (χ1v) is 6.58. The van der Waals surface area contributed by atoms with Gasteiger partial charge >= 0.3 is 5.97 Å². The summed E-state index contributed by atoms with van der Waals surface area (Å²) in [7, 11) is 0. The maximum atomic E-state index is 11.0. The molecule has 0 atom stereocenters. The Morgan fingerprint density at radius 2 is 2.10 bits per heavy atom. The van der Waals surface area contributed by atoms with E-state index < -0.39 is 5.97 Å². The molecule has 0 saturated heterocycles. The van der Waals surface area contributed by atoms with Gasteiger partial charge in [-0.15, -0.1) is 0 Å². The molecule has 0 bridgehead atoms. The van der Waals surface area contributed by atoms with E-state index in [0.29, 0.717) is 17.8 Å². The summed E-state index contributed by atoms with van der Waals surface area (Å²) in [5, 5.41) is 17.9. The standard InChI is InChI=1S/C16H13N3O2/c17-7-15-5-11(3-4-18-15)8-19-9-13-2-1-12(16(20)21)6-14(13)10-19/h1-6H,8-10H2,(H,20,21). The van der Waals surface area contributed by atoms with Crippen molar-refractivity contribution in [1.29, 1.82) is 5.26 Å². The van der Waals surface area contributed by atoms with Crippen LogP contribution in [0.3, 0.4) is 0 Å². The molecule has 0 spiro atoms. The van der Waals surface area contributed by atoms with Gasteiger partial charge < -0.3 is 5.11 Å². The van der Waals surface area contributed by atoms with E-state index in [4.69, 9.17) is 10.4 Å². The quantitative estimate of drug-likeness (QED) is 0.931. The fraction of sp³-hybridized carbons (Fsp3) is 0.188. The third-order valence-electron chi connectivity index (χ3n) is 3.59. The largest absolute Gasteiger partial charge is 0.478 e. The van der Waals surface area contributed by atoms with Crippen LogP contribution in [-0.2, 0) is 19.6 Å². The summed E-state index contributed by atoms with van der Waals surface area (Å²) in [6, 6.07) is 11.0. The van der Waals surface area contributed by atoms with Gasteiger partial charge in [0.15, 0.2) is 0 Å². The van der Waals surface area contributed by atoms with Gasteiger partial charge in [0.2, 0.25) is 0 Å². The highest BCUT2D eigenvalue weighted by molar-refractivity contribution is 5.87. The minimum Gasteiger partial charge on any atom is -0.478 e. The molecule has 5 heteroatoms. The maximum Gasteiger partial charge on any atom is 0.335 e. The number of aromatic carboxylic acids is 1. The summed E-state index contributed by atoms with van der Waals surface area (Å²) >= 11 is 0. The Balaban J connectivity index is 1.75. The number of aromatic nitrogens is 1. The van der Waals surface area contributed by atoms with E-state index in [9.17, 15) is 4.79 Å². The van der Waals surface area contributed by atoms with E-state index in [1.54, 1.807) is 24.4 Å². The van der Waals surface area contributed by atoms with Crippen molar-refractivity contribution >= 4 is 5.97 Å². The lowest BCUT2D eigenvalue weighted by Gasteiger charge is -2.14. The lowest BCUT2D eigenvalue weighted by Crippen LogP contribution is -2.15. The topological polar surface area (TPSA) is 77.2 Å². The third-order valence-corrected chi connectivity index (χ3v) is 3.59. The highest BCUT2D eigenvalue weighted by atomic mass is 16.4. The second kappa shape index (κ2) is 5.35. The van der Waals surface area contributed by atoms with Gasteiger partial charge in [0, 0.05) is 25.8 Å². The summed E-state index contributed by atoms with van der Waals surface area (Å²) in [5.41, 5.74) is 4.00. The molecule has 3 rings (SSSR count). The number of hydrogen-bond acceptors (Lipinski definition) is 4. The SMILES string of the molecule is N#Cc1cc(CN2Cc3ccc(C(=O)O)cc3C2)ccn1. The van der Waals surface area contributed by atoms with Crippen molar-refractivity contribution in [2.75, 3.05) is 0 Å². The number of pyridine rings is 1. The smallest absolute Gasteiger partial charge is 0.335 e. The molecule has 104 valence electrons. The lowest BCUT2D eigenvalue weighted by molar-refractivity contribution is 0.0696. The van der Waals surface area contributed by atoms with Crippen molar-refractivity contribution in [1.82, 2.24) is 9.88 Å². The van der Waals surface area contributed by atoms with Crippen molar-refractivity contribution in [2.45, 2.75) is 19.6 Å². The minimum atomic E-state index is -0.899. The van der Waals surface area contributed by atoms with Crippen molar-refractivity contribution < 1.29 is 9.90 Å². The Morgan fingerprint density at radius 3 is 2.86 bits per heavy atom. The molecule has 0 fully saturated rings. The summed E-state index contributed by atoms with van der Waals surface area (Å²) in [5.74, 6) is -0.899. The predicted molar refractivity (Wildman–Crippen MR) is 75.3 cm³/mol. The van der Waals surface area contributed by atoms with Gasteiger partial charge in [-0.05, 0) is 41.0 Å². The molecule has 2 heterocycles. The third kappa shape index (κ3) is 2.76. The van der Waals surface area contributed by atoms with Crippen molar-refractivity contribution in [3.05, 3.63) is 64.5 Å². The molecule has 0 radical (unpaired) electrons. The molecule has 2 aromatic rings. The first-order chi connectivity index (χ1) is 10.2. The Labute approximate surface area is 122 Å². The molecule has 0 unspecified atom stereocenters. The summed E-state index contributed by atoms with van der Waals surface area (Å²) in [6.07, 6.45) is 1.64. The van der Waals surface area contributed by atoms with Gasteiger partial charge in [0.1, 0.15) is 11.8 Å². The first kappa shape index (κ1) is 13.3. The zero-order valence-corrected chi connectivity index (χ0v) is 11.3. The molecule has 0 amide bonds. The van der Waals surface area contributed by atoms with Crippen LogP contribution in [-0.4, -0.2) is 21.0 Å². The van der Waals surface area contributed by atoms with Crippen LogP contribution in [0.4, 0.5) is 0 Å². The van der Waals surface area contributed by atoms with E-state index in [1.165, 1.54) is 0 Å². The average molecular weight is 279 g/mol. The Kier molecular flexibility index (Phi) is 3.38. The van der Waals surface area contributed by atoms with Gasteiger partial charge in [0.05, 0.1) is 5.56 Å². The normalized spacial score (nSPS) is 13.7. The van der Waals surface area contributed by atoms with Crippen molar-refractivity contribution in [2.24, 2.45) is 0 Å². The molecular formula is C16H13N3O2. The van der Waals surface area contributed by atoms with E-state index in [2.05, 4.69) is 9.88 Å². The molecule has 1 aliphatic heterocycles. The number of carboxylic acid groups (broad SMARTS) is 1. The first-order valence-electron chi connectivity index (χ1n) is 6.58. The van der Waals surface area contributed by atoms with Gasteiger partial charge in [-0.1, -0.05) is 6.07 Å². The predicted octanol–water partition coefficient (Wildman–Crippen LogP) is 2.17. The van der Waals surface area contributed by atoms with E-state index >= 15 is 0 Å². The Bertz CT molecular complexity index is 749. The Hall–Kier alpha value is -2.71. The Morgan fingerprint density at radius 1 is 1.29 bits per heavy atom. The molecule has 1 aromatic carbocycles. The summed E-state index contributed by atoms with van der Waals surface area (Å²) in [4.78, 5) is 17.2. The van der Waals surface area contributed by atoms with Crippen molar-refractivity contribution in [3.63, 3.8) is 0 Å². The number of rotatable bonds is 3. The highest BCUT2D eigenvalue weighted by Crippen LogP contribution is 2.25. The lowest BCUT2D eigenvalue weighted by atomic mass is 10.1. The van der Waals surface area contributed by atoms with E-state index in [-0.39, 0.29) is 0 Å². The molecule has 21 heavy (non-hydrogen) atoms. The van der Waals surface area contributed by atoms with Crippen LogP contribution in [0.15, 0.2) is 36.5 Å². The van der Waals surface area contributed by atoms with Crippen LogP contribution in [0.2, 0.25) is 0 Å². The number of carbonyl (C=O) groups is 1. The fourth-order valence-electron chi connectivity index (χ4n) is 2.60. The molecule has 1 aliphatic rings.